The highest BCUT2D eigenvalue weighted by atomic mass is 19.4. The Morgan fingerprint density at radius 1 is 1.40 bits per heavy atom. The molecule has 0 bridgehead atoms. The molecule has 0 amide bonds. The lowest BCUT2D eigenvalue weighted by atomic mass is 9.97. The fourth-order valence-electron chi connectivity index (χ4n) is 2.21. The molecule has 1 aliphatic rings. The van der Waals surface area contributed by atoms with Crippen LogP contribution in [-0.4, -0.2) is 56.1 Å². The van der Waals surface area contributed by atoms with E-state index in [4.69, 9.17) is 4.74 Å². The van der Waals surface area contributed by atoms with Crippen molar-refractivity contribution in [3.63, 3.8) is 0 Å². The minimum Gasteiger partial charge on any atom is -0.373 e. The largest absolute Gasteiger partial charge is 0.408 e. The second-order valence-corrected chi connectivity index (χ2v) is 5.47. The number of hydrogen-bond donors (Lipinski definition) is 0. The van der Waals surface area contributed by atoms with Crippen molar-refractivity contribution >= 4 is 0 Å². The van der Waals surface area contributed by atoms with Gasteiger partial charge in [-0.2, -0.15) is 13.2 Å². The average molecular weight is 293 g/mol. The third-order valence-corrected chi connectivity index (χ3v) is 3.69. The first-order chi connectivity index (χ1) is 9.19. The molecule has 1 saturated heterocycles. The highest BCUT2D eigenvalue weighted by Crippen LogP contribution is 2.25. The van der Waals surface area contributed by atoms with Crippen LogP contribution in [0, 0.1) is 0 Å². The zero-order valence-corrected chi connectivity index (χ0v) is 11.7. The molecule has 1 aromatic rings. The molecule has 20 heavy (non-hydrogen) atoms. The van der Waals surface area contributed by atoms with E-state index in [-0.39, 0.29) is 24.0 Å². The molecule has 1 aliphatic heterocycles. The number of morpholine rings is 1. The predicted octanol–water partition coefficient (Wildman–Crippen LogP) is 1.23. The molecule has 0 saturated carbocycles. The van der Waals surface area contributed by atoms with Crippen LogP contribution in [0.25, 0.3) is 0 Å². The Morgan fingerprint density at radius 3 is 2.75 bits per heavy atom. The zero-order chi connectivity index (χ0) is 15.0. The molecule has 2 rings (SSSR count). The number of ether oxygens (including phenoxy) is 1. The summed E-state index contributed by atoms with van der Waals surface area (Å²) in [5.74, 6) is 0.215. The molecule has 0 spiro atoms. The van der Waals surface area contributed by atoms with E-state index in [0.29, 0.717) is 13.2 Å². The fraction of sp³-hybridized carbons (Fsp3) is 0.909. The lowest BCUT2D eigenvalue weighted by Crippen LogP contribution is -2.55. The average Bonchev–Trinajstić information content (AvgIpc) is 2.70. The summed E-state index contributed by atoms with van der Waals surface area (Å²) < 4.78 is 43.7. The SMILES string of the molecule is CC1N(Cc2nnnn2CC(F)(F)F)CCOC1(C)C. The summed E-state index contributed by atoms with van der Waals surface area (Å²) in [5, 5.41) is 10.4. The topological polar surface area (TPSA) is 56.1 Å². The summed E-state index contributed by atoms with van der Waals surface area (Å²) >= 11 is 0. The molecule has 6 nitrogen and oxygen atoms in total. The quantitative estimate of drug-likeness (QED) is 0.839. The number of tetrazole rings is 1. The Balaban J connectivity index is 2.09. The summed E-state index contributed by atoms with van der Waals surface area (Å²) in [7, 11) is 0. The van der Waals surface area contributed by atoms with Crippen molar-refractivity contribution in [2.75, 3.05) is 13.2 Å². The van der Waals surface area contributed by atoms with Crippen LogP contribution in [0.15, 0.2) is 0 Å². The van der Waals surface area contributed by atoms with Crippen molar-refractivity contribution in [3.05, 3.63) is 5.82 Å². The van der Waals surface area contributed by atoms with Crippen molar-refractivity contribution in [2.24, 2.45) is 0 Å². The van der Waals surface area contributed by atoms with Gasteiger partial charge in [0.15, 0.2) is 5.82 Å². The molecular weight excluding hydrogens is 275 g/mol. The van der Waals surface area contributed by atoms with Crippen LogP contribution in [0.1, 0.15) is 26.6 Å². The molecule has 1 unspecified atom stereocenters. The van der Waals surface area contributed by atoms with Gasteiger partial charge >= 0.3 is 6.18 Å². The van der Waals surface area contributed by atoms with E-state index in [9.17, 15) is 13.2 Å². The van der Waals surface area contributed by atoms with Crippen LogP contribution >= 0.6 is 0 Å². The van der Waals surface area contributed by atoms with Gasteiger partial charge in [0.25, 0.3) is 0 Å². The van der Waals surface area contributed by atoms with E-state index in [1.807, 2.05) is 25.7 Å². The van der Waals surface area contributed by atoms with Crippen molar-refractivity contribution in [1.29, 1.82) is 0 Å². The van der Waals surface area contributed by atoms with Crippen molar-refractivity contribution in [3.8, 4) is 0 Å². The Bertz CT molecular complexity index is 459. The van der Waals surface area contributed by atoms with E-state index in [0.717, 1.165) is 4.68 Å². The van der Waals surface area contributed by atoms with E-state index in [1.165, 1.54) is 0 Å². The summed E-state index contributed by atoms with van der Waals surface area (Å²) in [4.78, 5) is 2.03. The molecule has 9 heteroatoms. The van der Waals surface area contributed by atoms with Gasteiger partial charge in [-0.15, -0.1) is 5.10 Å². The molecule has 0 N–H and O–H groups in total. The van der Waals surface area contributed by atoms with E-state index in [2.05, 4.69) is 15.5 Å². The first-order valence-electron chi connectivity index (χ1n) is 6.39. The maximum Gasteiger partial charge on any atom is 0.408 e. The lowest BCUT2D eigenvalue weighted by Gasteiger charge is -2.44. The van der Waals surface area contributed by atoms with Crippen molar-refractivity contribution in [2.45, 2.75) is 51.7 Å². The van der Waals surface area contributed by atoms with Crippen LogP contribution in [0.5, 0.6) is 0 Å². The molecule has 0 aliphatic carbocycles. The molecule has 1 atom stereocenters. The normalized spacial score (nSPS) is 24.0. The second kappa shape index (κ2) is 5.28. The Morgan fingerprint density at radius 2 is 2.10 bits per heavy atom. The molecule has 1 aromatic heterocycles. The minimum atomic E-state index is -4.33. The molecule has 2 heterocycles. The number of halogens is 3. The zero-order valence-electron chi connectivity index (χ0n) is 11.7. The number of nitrogens with zero attached hydrogens (tertiary/aromatic N) is 5. The highest BCUT2D eigenvalue weighted by Gasteiger charge is 2.36. The maximum atomic E-state index is 12.4. The van der Waals surface area contributed by atoms with Crippen molar-refractivity contribution in [1.82, 2.24) is 25.1 Å². The lowest BCUT2D eigenvalue weighted by molar-refractivity contribution is -0.144. The summed E-state index contributed by atoms with van der Waals surface area (Å²) in [6, 6.07) is 0.0623. The Kier molecular flexibility index (Phi) is 4.01. The number of aromatic nitrogens is 4. The highest BCUT2D eigenvalue weighted by molar-refractivity contribution is 4.91. The van der Waals surface area contributed by atoms with Gasteiger partial charge in [0.2, 0.25) is 0 Å². The van der Waals surface area contributed by atoms with E-state index in [1.54, 1.807) is 0 Å². The van der Waals surface area contributed by atoms with Crippen LogP contribution < -0.4 is 0 Å². The van der Waals surface area contributed by atoms with Gasteiger partial charge in [-0.3, -0.25) is 4.90 Å². The van der Waals surface area contributed by atoms with E-state index < -0.39 is 12.7 Å². The smallest absolute Gasteiger partial charge is 0.373 e. The summed E-state index contributed by atoms with van der Waals surface area (Å²) in [6.07, 6.45) is -4.33. The Hall–Kier alpha value is -1.22. The minimum absolute atomic E-state index is 0.0623. The molecular formula is C11H18F3N5O. The molecule has 114 valence electrons. The summed E-state index contributed by atoms with van der Waals surface area (Å²) in [6.45, 7) is 6.19. The van der Waals surface area contributed by atoms with Crippen LogP contribution in [-0.2, 0) is 17.8 Å². The number of alkyl halides is 3. The van der Waals surface area contributed by atoms with Gasteiger partial charge in [-0.1, -0.05) is 0 Å². The first-order valence-corrected chi connectivity index (χ1v) is 6.39. The maximum absolute atomic E-state index is 12.4. The van der Waals surface area contributed by atoms with Crippen LogP contribution in [0.2, 0.25) is 0 Å². The van der Waals surface area contributed by atoms with Gasteiger partial charge in [-0.25, -0.2) is 4.68 Å². The second-order valence-electron chi connectivity index (χ2n) is 5.47. The molecule has 1 fully saturated rings. The summed E-state index contributed by atoms with van der Waals surface area (Å²) in [5.41, 5.74) is -0.347. The monoisotopic (exact) mass is 293 g/mol. The van der Waals surface area contributed by atoms with Crippen molar-refractivity contribution < 1.29 is 17.9 Å². The number of hydrogen-bond acceptors (Lipinski definition) is 5. The van der Waals surface area contributed by atoms with E-state index >= 15 is 0 Å². The van der Waals surface area contributed by atoms with Crippen LogP contribution in [0.4, 0.5) is 13.2 Å². The molecule has 0 radical (unpaired) electrons. The third kappa shape index (κ3) is 3.45. The van der Waals surface area contributed by atoms with Crippen LogP contribution in [0.3, 0.4) is 0 Å². The molecule has 0 aromatic carbocycles. The predicted molar refractivity (Wildman–Crippen MR) is 63.8 cm³/mol. The van der Waals surface area contributed by atoms with Gasteiger partial charge in [0.05, 0.1) is 18.8 Å². The Labute approximate surface area is 114 Å². The first kappa shape index (κ1) is 15.2. The fourth-order valence-corrected chi connectivity index (χ4v) is 2.21. The van der Waals surface area contributed by atoms with Gasteiger partial charge in [0.1, 0.15) is 6.54 Å². The third-order valence-electron chi connectivity index (χ3n) is 3.69. The number of rotatable bonds is 3. The van der Waals surface area contributed by atoms with Gasteiger partial charge in [0, 0.05) is 12.6 Å². The standard InChI is InChI=1S/C11H18F3N5O/c1-8-10(2,3)20-5-4-18(8)6-9-15-16-17-19(9)7-11(12,13)14/h8H,4-7H2,1-3H3. The van der Waals surface area contributed by atoms with Gasteiger partial charge in [-0.05, 0) is 31.2 Å². The van der Waals surface area contributed by atoms with Gasteiger partial charge < -0.3 is 4.74 Å².